The summed E-state index contributed by atoms with van der Waals surface area (Å²) in [5.74, 6) is 3.63. The molecule has 0 fully saturated rings. The fourth-order valence-corrected chi connectivity index (χ4v) is 3.96. The molecule has 3 aromatic rings. The molecule has 3 rings (SSSR count). The first-order chi connectivity index (χ1) is 10.9. The molecule has 0 saturated carbocycles. The Morgan fingerprint density at radius 3 is 2.96 bits per heavy atom. The van der Waals surface area contributed by atoms with Crippen LogP contribution in [0.3, 0.4) is 0 Å². The van der Waals surface area contributed by atoms with Crippen LogP contribution >= 0.6 is 11.3 Å². The van der Waals surface area contributed by atoms with Crippen LogP contribution in [0.25, 0.3) is 16.0 Å². The molecule has 0 spiro atoms. The Kier molecular flexibility index (Phi) is 4.00. The maximum atomic E-state index is 5.63. The lowest BCUT2D eigenvalue weighted by Gasteiger charge is -2.15. The molecule has 0 saturated heterocycles. The second-order valence-electron chi connectivity index (χ2n) is 6.34. The molecule has 3 heterocycles. The van der Waals surface area contributed by atoms with Crippen LogP contribution < -0.4 is 11.1 Å². The summed E-state index contributed by atoms with van der Waals surface area (Å²) >= 11 is 1.73. The van der Waals surface area contributed by atoms with Gasteiger partial charge in [-0.05, 0) is 33.3 Å². The number of hydrogen-bond acceptors (Lipinski definition) is 5. The van der Waals surface area contributed by atoms with Gasteiger partial charge in [0.15, 0.2) is 11.5 Å². The molecule has 3 aromatic heterocycles. The third-order valence-corrected chi connectivity index (χ3v) is 4.88. The smallest absolute Gasteiger partial charge is 0.181 e. The van der Waals surface area contributed by atoms with Gasteiger partial charge in [-0.15, -0.1) is 23.7 Å². The quantitative estimate of drug-likeness (QED) is 0.707. The number of anilines is 1. The lowest BCUT2D eigenvalue weighted by Crippen LogP contribution is -2.14. The zero-order valence-electron chi connectivity index (χ0n) is 13.7. The number of thiophene rings is 1. The number of nitrogens with two attached hydrogens (primary N) is 1. The van der Waals surface area contributed by atoms with Gasteiger partial charge in [0, 0.05) is 35.3 Å². The van der Waals surface area contributed by atoms with E-state index in [1.165, 1.54) is 4.88 Å². The van der Waals surface area contributed by atoms with Gasteiger partial charge in [-0.1, -0.05) is 0 Å². The summed E-state index contributed by atoms with van der Waals surface area (Å²) in [6, 6.07) is 2.13. The third-order valence-electron chi connectivity index (χ3n) is 3.77. The van der Waals surface area contributed by atoms with Crippen LogP contribution in [0.4, 0.5) is 5.82 Å². The molecule has 0 amide bonds. The highest BCUT2D eigenvalue weighted by atomic mass is 32.1. The van der Waals surface area contributed by atoms with E-state index in [1.54, 1.807) is 11.3 Å². The summed E-state index contributed by atoms with van der Waals surface area (Å²) in [6.45, 7) is 7.43. The zero-order valence-corrected chi connectivity index (χ0v) is 14.5. The Labute approximate surface area is 139 Å². The average molecular weight is 327 g/mol. The van der Waals surface area contributed by atoms with Crippen molar-refractivity contribution in [2.24, 2.45) is 11.1 Å². The molecule has 120 valence electrons. The summed E-state index contributed by atoms with van der Waals surface area (Å²) in [6.07, 6.45) is 8.34. The fourth-order valence-electron chi connectivity index (χ4n) is 2.57. The zero-order chi connectivity index (χ0) is 16.6. The fraction of sp³-hybridized carbons (Fsp3) is 0.412. The van der Waals surface area contributed by atoms with Gasteiger partial charge in [0.25, 0.3) is 0 Å². The van der Waals surface area contributed by atoms with Crippen molar-refractivity contribution in [3.8, 4) is 12.3 Å². The van der Waals surface area contributed by atoms with E-state index in [2.05, 4.69) is 47.5 Å². The number of nitrogens with one attached hydrogen (secondary N) is 1. The van der Waals surface area contributed by atoms with Crippen molar-refractivity contribution in [3.63, 3.8) is 0 Å². The van der Waals surface area contributed by atoms with Gasteiger partial charge in [0.1, 0.15) is 10.3 Å². The summed E-state index contributed by atoms with van der Waals surface area (Å²) in [7, 11) is 0. The molecule has 6 heteroatoms. The van der Waals surface area contributed by atoms with E-state index < -0.39 is 0 Å². The summed E-state index contributed by atoms with van der Waals surface area (Å²) in [4.78, 5) is 11.6. The number of nitrogens with zero attached hydrogens (tertiary/aromatic N) is 3. The van der Waals surface area contributed by atoms with E-state index in [0.29, 0.717) is 13.1 Å². The summed E-state index contributed by atoms with van der Waals surface area (Å²) in [5.41, 5.74) is 8.33. The predicted octanol–water partition coefficient (Wildman–Crippen LogP) is 2.82. The van der Waals surface area contributed by atoms with E-state index >= 15 is 0 Å². The van der Waals surface area contributed by atoms with E-state index in [4.69, 9.17) is 17.1 Å². The van der Waals surface area contributed by atoms with Gasteiger partial charge < -0.3 is 11.1 Å². The van der Waals surface area contributed by atoms with Crippen molar-refractivity contribution in [3.05, 3.63) is 22.8 Å². The molecule has 0 unspecified atom stereocenters. The van der Waals surface area contributed by atoms with Crippen LogP contribution in [-0.4, -0.2) is 27.5 Å². The topological polar surface area (TPSA) is 68.2 Å². The van der Waals surface area contributed by atoms with E-state index in [1.807, 2.05) is 6.20 Å². The first-order valence-corrected chi connectivity index (χ1v) is 8.45. The largest absolute Gasteiger partial charge is 0.366 e. The van der Waals surface area contributed by atoms with Gasteiger partial charge >= 0.3 is 0 Å². The molecular weight excluding hydrogens is 306 g/mol. The average Bonchev–Trinajstić information content (AvgIpc) is 3.07. The molecule has 0 aliphatic heterocycles. The van der Waals surface area contributed by atoms with Gasteiger partial charge in [-0.2, -0.15) is 0 Å². The monoisotopic (exact) mass is 327 g/mol. The van der Waals surface area contributed by atoms with Crippen molar-refractivity contribution < 1.29 is 0 Å². The van der Waals surface area contributed by atoms with Crippen LogP contribution in [0.15, 0.2) is 12.3 Å². The van der Waals surface area contributed by atoms with E-state index in [0.717, 1.165) is 33.9 Å². The number of rotatable bonds is 5. The molecule has 0 aliphatic rings. The highest BCUT2D eigenvalue weighted by Crippen LogP contribution is 2.32. The van der Waals surface area contributed by atoms with Crippen LogP contribution in [0.1, 0.15) is 24.4 Å². The Morgan fingerprint density at radius 2 is 2.26 bits per heavy atom. The molecule has 0 bridgehead atoms. The summed E-state index contributed by atoms with van der Waals surface area (Å²) in [5, 5.41) is 3.26. The van der Waals surface area contributed by atoms with Crippen molar-refractivity contribution in [2.45, 2.75) is 27.2 Å². The molecule has 5 nitrogen and oxygen atoms in total. The number of aryl methyl sites for hydroxylation is 1. The lowest BCUT2D eigenvalue weighted by atomic mass is 9.90. The number of aromatic nitrogens is 3. The molecule has 23 heavy (non-hydrogen) atoms. The van der Waals surface area contributed by atoms with Crippen molar-refractivity contribution in [1.82, 2.24) is 14.4 Å². The summed E-state index contributed by atoms with van der Waals surface area (Å²) < 4.78 is 2.15. The van der Waals surface area contributed by atoms with E-state index in [9.17, 15) is 0 Å². The normalized spacial score (nSPS) is 12.0. The molecular formula is C17H21N5S. The second kappa shape index (κ2) is 5.84. The van der Waals surface area contributed by atoms with Gasteiger partial charge in [-0.3, -0.25) is 4.40 Å². The van der Waals surface area contributed by atoms with Crippen molar-refractivity contribution >= 4 is 33.1 Å². The molecule has 0 aliphatic carbocycles. The molecule has 3 N–H and O–H groups in total. The van der Waals surface area contributed by atoms with Crippen molar-refractivity contribution in [1.29, 1.82) is 0 Å². The lowest BCUT2D eigenvalue weighted by molar-refractivity contribution is 0.506. The molecule has 0 aromatic carbocycles. The first-order valence-electron chi connectivity index (χ1n) is 7.63. The van der Waals surface area contributed by atoms with Gasteiger partial charge in [0.05, 0.1) is 0 Å². The highest BCUT2D eigenvalue weighted by Gasteiger charge is 2.19. The standard InChI is InChI=1S/C17H21N5S/c1-5-17(3,4)9-12-8-13-16(23-12)22-11(2)10-20-15(22)14(21-13)19-7-6-18/h1,8,10H,6-7,9,18H2,2-4H3,(H,19,21). The van der Waals surface area contributed by atoms with Crippen molar-refractivity contribution in [2.75, 3.05) is 18.4 Å². The number of imidazole rings is 1. The molecule has 0 radical (unpaired) electrons. The third kappa shape index (κ3) is 2.90. The number of hydrogen-bond donors (Lipinski definition) is 2. The van der Waals surface area contributed by atoms with Gasteiger partial charge in [0.2, 0.25) is 0 Å². The second-order valence-corrected chi connectivity index (χ2v) is 7.46. The maximum absolute atomic E-state index is 5.63. The minimum Gasteiger partial charge on any atom is -0.366 e. The van der Waals surface area contributed by atoms with Crippen LogP contribution in [0.5, 0.6) is 0 Å². The Bertz CT molecular complexity index is 897. The first kappa shape index (κ1) is 15.8. The maximum Gasteiger partial charge on any atom is 0.181 e. The SMILES string of the molecule is C#CC(C)(C)Cc1cc2nc(NCCN)c3ncc(C)n3c2s1. The Balaban J connectivity index is 2.16. The number of fused-ring (bicyclic) bond motifs is 3. The van der Waals surface area contributed by atoms with Crippen LogP contribution in [0, 0.1) is 24.7 Å². The molecule has 0 atom stereocenters. The minimum absolute atomic E-state index is 0.162. The minimum atomic E-state index is -0.162. The van der Waals surface area contributed by atoms with Crippen LogP contribution in [0.2, 0.25) is 0 Å². The number of terminal acetylenes is 1. The van der Waals surface area contributed by atoms with E-state index in [-0.39, 0.29) is 5.41 Å². The Hall–Kier alpha value is -2.10. The van der Waals surface area contributed by atoms with Crippen LogP contribution in [-0.2, 0) is 6.42 Å². The van der Waals surface area contributed by atoms with Gasteiger partial charge in [-0.25, -0.2) is 9.97 Å². The predicted molar refractivity (Wildman–Crippen MR) is 97.0 cm³/mol. The highest BCUT2D eigenvalue weighted by molar-refractivity contribution is 7.18. The Morgan fingerprint density at radius 1 is 1.48 bits per heavy atom.